The Morgan fingerprint density at radius 3 is 2.35 bits per heavy atom. The van der Waals surface area contributed by atoms with Crippen molar-refractivity contribution in [3.8, 4) is 6.07 Å². The van der Waals surface area contributed by atoms with Crippen LogP contribution < -0.4 is 0 Å². The maximum Gasteiger partial charge on any atom is 0.410 e. The van der Waals surface area contributed by atoms with E-state index >= 15 is 4.39 Å². The lowest BCUT2D eigenvalue weighted by molar-refractivity contribution is 0.0204. The summed E-state index contributed by atoms with van der Waals surface area (Å²) in [5, 5.41) is 8.97. The number of piperazine rings is 1. The number of aromatic nitrogens is 2. The molecule has 1 aromatic heterocycles. The standard InChI is InChI=1S/C30H35FN6O3/c1-30(2,3)40-29(39)37-10-8-22(9-11-37)23-16-25-26(17-24(23)31)34-27(33-25)28(38)36-14-12-35(13-15-36)19-21-6-4-20(18-32)5-7-21/h4-7,16-17,22H,8-15,19H2,1-3H3,(H,33,34). The van der Waals surface area contributed by atoms with Crippen molar-refractivity contribution in [1.29, 1.82) is 5.26 Å². The Bertz CT molecular complexity index is 1420. The zero-order valence-electron chi connectivity index (χ0n) is 23.2. The van der Waals surface area contributed by atoms with Crippen molar-refractivity contribution in [1.82, 2.24) is 24.7 Å². The minimum absolute atomic E-state index is 0.0388. The van der Waals surface area contributed by atoms with Crippen LogP contribution in [0.5, 0.6) is 0 Å². The summed E-state index contributed by atoms with van der Waals surface area (Å²) in [4.78, 5) is 38.9. The Morgan fingerprint density at radius 1 is 1.05 bits per heavy atom. The quantitative estimate of drug-likeness (QED) is 0.511. The number of nitrogens with zero attached hydrogens (tertiary/aromatic N) is 5. The highest BCUT2D eigenvalue weighted by atomic mass is 19.1. The number of piperidine rings is 1. The summed E-state index contributed by atoms with van der Waals surface area (Å²) in [6.07, 6.45) is 0.919. The van der Waals surface area contributed by atoms with E-state index in [9.17, 15) is 9.59 Å². The summed E-state index contributed by atoms with van der Waals surface area (Å²) < 4.78 is 20.6. The zero-order chi connectivity index (χ0) is 28.4. The van der Waals surface area contributed by atoms with E-state index in [1.54, 1.807) is 15.9 Å². The molecule has 0 unspecified atom stereocenters. The molecule has 2 aliphatic heterocycles. The van der Waals surface area contributed by atoms with Gasteiger partial charge in [-0.25, -0.2) is 14.2 Å². The third-order valence-corrected chi connectivity index (χ3v) is 7.54. The van der Waals surface area contributed by atoms with Gasteiger partial charge in [-0.1, -0.05) is 12.1 Å². The van der Waals surface area contributed by atoms with Crippen molar-refractivity contribution >= 4 is 23.0 Å². The van der Waals surface area contributed by atoms with Gasteiger partial charge in [0.05, 0.1) is 22.7 Å². The first-order chi connectivity index (χ1) is 19.1. The number of nitrogens with one attached hydrogen (secondary N) is 1. The van der Waals surface area contributed by atoms with Crippen LogP contribution in [-0.2, 0) is 11.3 Å². The van der Waals surface area contributed by atoms with Gasteiger partial charge in [-0.3, -0.25) is 9.69 Å². The van der Waals surface area contributed by atoms with E-state index in [0.29, 0.717) is 61.2 Å². The van der Waals surface area contributed by atoms with Gasteiger partial charge in [0.2, 0.25) is 0 Å². The van der Waals surface area contributed by atoms with Gasteiger partial charge in [-0.2, -0.15) is 5.26 Å². The monoisotopic (exact) mass is 546 g/mol. The predicted molar refractivity (Wildman–Crippen MR) is 148 cm³/mol. The van der Waals surface area contributed by atoms with E-state index in [1.165, 1.54) is 6.07 Å². The van der Waals surface area contributed by atoms with Crippen molar-refractivity contribution in [3.63, 3.8) is 0 Å². The number of hydrogen-bond donors (Lipinski definition) is 1. The van der Waals surface area contributed by atoms with Crippen LogP contribution in [0.15, 0.2) is 36.4 Å². The summed E-state index contributed by atoms with van der Waals surface area (Å²) >= 11 is 0. The van der Waals surface area contributed by atoms with Crippen molar-refractivity contribution in [2.75, 3.05) is 39.3 Å². The number of aromatic amines is 1. The van der Waals surface area contributed by atoms with Crippen molar-refractivity contribution in [3.05, 3.63) is 64.7 Å². The van der Waals surface area contributed by atoms with E-state index in [1.807, 2.05) is 45.0 Å². The van der Waals surface area contributed by atoms with Crippen LogP contribution in [0.3, 0.4) is 0 Å². The molecule has 2 fully saturated rings. The maximum absolute atomic E-state index is 15.1. The highest BCUT2D eigenvalue weighted by Gasteiger charge is 2.30. The molecule has 0 bridgehead atoms. The summed E-state index contributed by atoms with van der Waals surface area (Å²) in [7, 11) is 0. The molecule has 1 N–H and O–H groups in total. The first-order valence-corrected chi connectivity index (χ1v) is 13.8. The van der Waals surface area contributed by atoms with Crippen LogP contribution in [-0.4, -0.2) is 81.5 Å². The molecule has 40 heavy (non-hydrogen) atoms. The number of likely N-dealkylation sites (tertiary alicyclic amines) is 1. The lowest BCUT2D eigenvalue weighted by atomic mass is 9.89. The average Bonchev–Trinajstić information content (AvgIpc) is 3.35. The smallest absolute Gasteiger partial charge is 0.410 e. The number of nitriles is 1. The van der Waals surface area contributed by atoms with Gasteiger partial charge < -0.3 is 19.5 Å². The van der Waals surface area contributed by atoms with E-state index < -0.39 is 5.60 Å². The minimum Gasteiger partial charge on any atom is -0.444 e. The summed E-state index contributed by atoms with van der Waals surface area (Å²) in [5.74, 6) is -0.348. The molecule has 0 radical (unpaired) electrons. The molecule has 2 saturated heterocycles. The van der Waals surface area contributed by atoms with Gasteiger partial charge in [0.25, 0.3) is 5.91 Å². The molecule has 9 nitrogen and oxygen atoms in total. The Hall–Kier alpha value is -3.97. The Labute approximate surface area is 233 Å². The SMILES string of the molecule is CC(C)(C)OC(=O)N1CCC(c2cc3nc(C(=O)N4CCN(Cc5ccc(C#N)cc5)CC4)[nH]c3cc2F)CC1. The number of carbonyl (C=O) groups excluding carboxylic acids is 2. The number of imidazole rings is 1. The zero-order valence-corrected chi connectivity index (χ0v) is 23.2. The Balaban J connectivity index is 1.19. The van der Waals surface area contributed by atoms with Crippen molar-refractivity contribution < 1.29 is 18.7 Å². The van der Waals surface area contributed by atoms with Crippen molar-refractivity contribution in [2.24, 2.45) is 0 Å². The summed E-state index contributed by atoms with van der Waals surface area (Å²) in [6, 6.07) is 12.8. The lowest BCUT2D eigenvalue weighted by Crippen LogP contribution is -2.48. The van der Waals surface area contributed by atoms with E-state index in [-0.39, 0.29) is 29.6 Å². The van der Waals surface area contributed by atoms with Crippen LogP contribution in [0.1, 0.15) is 66.8 Å². The number of benzene rings is 2. The Morgan fingerprint density at radius 2 is 1.73 bits per heavy atom. The first kappa shape index (κ1) is 27.6. The number of halogens is 1. The molecule has 2 aliphatic rings. The number of ether oxygens (including phenoxy) is 1. The maximum atomic E-state index is 15.1. The van der Waals surface area contributed by atoms with Gasteiger partial charge in [-0.15, -0.1) is 0 Å². The molecule has 210 valence electrons. The molecule has 2 aromatic carbocycles. The van der Waals surface area contributed by atoms with Crippen molar-refractivity contribution in [2.45, 2.75) is 51.7 Å². The third-order valence-electron chi connectivity index (χ3n) is 7.54. The molecule has 3 aromatic rings. The molecule has 3 heterocycles. The minimum atomic E-state index is -0.556. The fourth-order valence-electron chi connectivity index (χ4n) is 5.36. The number of rotatable bonds is 4. The molecule has 10 heteroatoms. The lowest BCUT2D eigenvalue weighted by Gasteiger charge is -2.34. The molecule has 0 atom stereocenters. The highest BCUT2D eigenvalue weighted by Crippen LogP contribution is 2.32. The Kier molecular flexibility index (Phi) is 7.76. The number of hydrogen-bond acceptors (Lipinski definition) is 6. The molecule has 0 spiro atoms. The van der Waals surface area contributed by atoms with Crippen LogP contribution in [0, 0.1) is 17.1 Å². The van der Waals surface area contributed by atoms with Gasteiger partial charge in [-0.05, 0) is 74.9 Å². The van der Waals surface area contributed by atoms with Gasteiger partial charge in [0, 0.05) is 45.8 Å². The topological polar surface area (TPSA) is 106 Å². The number of H-pyrrole nitrogens is 1. The average molecular weight is 547 g/mol. The second-order valence-corrected chi connectivity index (χ2v) is 11.6. The van der Waals surface area contributed by atoms with Crippen LogP contribution in [0.4, 0.5) is 9.18 Å². The molecular formula is C30H35FN6O3. The molecule has 0 aliphatic carbocycles. The number of amides is 2. The molecule has 2 amide bonds. The largest absolute Gasteiger partial charge is 0.444 e. The van der Waals surface area contributed by atoms with Crippen LogP contribution in [0.2, 0.25) is 0 Å². The van der Waals surface area contributed by atoms with E-state index in [2.05, 4.69) is 20.9 Å². The first-order valence-electron chi connectivity index (χ1n) is 13.8. The molecule has 5 rings (SSSR count). The summed E-state index contributed by atoms with van der Waals surface area (Å²) in [6.45, 7) is 9.87. The predicted octanol–water partition coefficient (Wildman–Crippen LogP) is 4.65. The fraction of sp³-hybridized carbons (Fsp3) is 0.467. The number of carbonyl (C=O) groups is 2. The van der Waals surface area contributed by atoms with Crippen LogP contribution in [0.25, 0.3) is 11.0 Å². The highest BCUT2D eigenvalue weighted by molar-refractivity contribution is 5.94. The summed E-state index contributed by atoms with van der Waals surface area (Å²) in [5.41, 5.74) is 2.84. The third kappa shape index (κ3) is 6.26. The van der Waals surface area contributed by atoms with E-state index in [4.69, 9.17) is 10.00 Å². The number of fused-ring (bicyclic) bond motifs is 1. The molecule has 0 saturated carbocycles. The second-order valence-electron chi connectivity index (χ2n) is 11.6. The second kappa shape index (κ2) is 11.3. The fourth-order valence-corrected chi connectivity index (χ4v) is 5.36. The van der Waals surface area contributed by atoms with E-state index in [0.717, 1.165) is 25.2 Å². The normalized spacial score (nSPS) is 17.2. The van der Waals surface area contributed by atoms with Gasteiger partial charge in [0.15, 0.2) is 5.82 Å². The molecular weight excluding hydrogens is 511 g/mol. The van der Waals surface area contributed by atoms with Gasteiger partial charge in [0.1, 0.15) is 11.4 Å². The van der Waals surface area contributed by atoms with Gasteiger partial charge >= 0.3 is 6.09 Å². The van der Waals surface area contributed by atoms with Crippen LogP contribution >= 0.6 is 0 Å².